The SMILES string of the molecule is C/C=C(\C)OCC. The van der Waals surface area contributed by atoms with Crippen LogP contribution in [0.25, 0.3) is 0 Å². The van der Waals surface area contributed by atoms with Crippen LogP contribution in [-0.2, 0) is 4.74 Å². The first-order chi connectivity index (χ1) is 3.31. The highest BCUT2D eigenvalue weighted by molar-refractivity contribution is 4.83. The topological polar surface area (TPSA) is 9.23 Å². The summed E-state index contributed by atoms with van der Waals surface area (Å²) in [5.74, 6) is 1.00. The fourth-order valence-electron chi connectivity index (χ4n) is 0.311. The van der Waals surface area contributed by atoms with Crippen molar-refractivity contribution >= 4 is 0 Å². The minimum absolute atomic E-state index is 0.774. The van der Waals surface area contributed by atoms with Crippen LogP contribution in [-0.4, -0.2) is 6.61 Å². The van der Waals surface area contributed by atoms with E-state index < -0.39 is 0 Å². The van der Waals surface area contributed by atoms with Gasteiger partial charge in [0.15, 0.2) is 0 Å². The Morgan fingerprint density at radius 2 is 2.29 bits per heavy atom. The molecule has 42 valence electrons. The van der Waals surface area contributed by atoms with Crippen molar-refractivity contribution in [1.82, 2.24) is 0 Å². The molecule has 1 heteroatoms. The molecule has 0 aliphatic heterocycles. The molecular weight excluding hydrogens is 88.1 g/mol. The molecule has 0 aromatic rings. The molecule has 0 aliphatic rings. The van der Waals surface area contributed by atoms with Crippen molar-refractivity contribution in [2.75, 3.05) is 6.61 Å². The lowest BCUT2D eigenvalue weighted by atomic mass is 10.5. The fraction of sp³-hybridized carbons (Fsp3) is 0.667. The number of allylic oxidation sites excluding steroid dienone is 2. The standard InChI is InChI=1S/C6H12O/c1-4-6(3)7-5-2/h4H,5H2,1-3H3/b6-4+. The minimum atomic E-state index is 0.774. The van der Waals surface area contributed by atoms with Crippen molar-refractivity contribution in [1.29, 1.82) is 0 Å². The molecule has 0 aromatic carbocycles. The Kier molecular flexibility index (Phi) is 3.48. The summed E-state index contributed by atoms with van der Waals surface area (Å²) >= 11 is 0. The molecule has 0 spiro atoms. The molecule has 0 radical (unpaired) electrons. The van der Waals surface area contributed by atoms with Crippen LogP contribution in [0.1, 0.15) is 20.8 Å². The van der Waals surface area contributed by atoms with Crippen molar-refractivity contribution in [2.45, 2.75) is 20.8 Å². The lowest BCUT2D eigenvalue weighted by Crippen LogP contribution is -1.83. The van der Waals surface area contributed by atoms with Gasteiger partial charge in [0.05, 0.1) is 12.4 Å². The zero-order valence-corrected chi connectivity index (χ0v) is 5.19. The maximum atomic E-state index is 5.05. The Bertz CT molecular complexity index is 64.6. The van der Waals surface area contributed by atoms with Crippen LogP contribution >= 0.6 is 0 Å². The van der Waals surface area contributed by atoms with Gasteiger partial charge in [-0.15, -0.1) is 0 Å². The van der Waals surface area contributed by atoms with E-state index in [0.717, 1.165) is 12.4 Å². The van der Waals surface area contributed by atoms with Crippen molar-refractivity contribution in [2.24, 2.45) is 0 Å². The first-order valence-electron chi connectivity index (χ1n) is 2.57. The molecule has 0 saturated heterocycles. The lowest BCUT2D eigenvalue weighted by molar-refractivity contribution is 0.231. The molecule has 0 amide bonds. The third-order valence-corrected chi connectivity index (χ3v) is 0.779. The third kappa shape index (κ3) is 3.37. The molecule has 0 aliphatic carbocycles. The van der Waals surface area contributed by atoms with Gasteiger partial charge in [0.1, 0.15) is 0 Å². The van der Waals surface area contributed by atoms with E-state index >= 15 is 0 Å². The maximum Gasteiger partial charge on any atom is 0.0886 e. The van der Waals surface area contributed by atoms with Crippen LogP contribution in [0.2, 0.25) is 0 Å². The molecule has 0 rings (SSSR count). The predicted octanol–water partition coefficient (Wildman–Crippen LogP) is 1.95. The molecule has 0 atom stereocenters. The van der Waals surface area contributed by atoms with E-state index in [1.165, 1.54) is 0 Å². The predicted molar refractivity (Wildman–Crippen MR) is 31.1 cm³/mol. The van der Waals surface area contributed by atoms with Gasteiger partial charge in [-0.2, -0.15) is 0 Å². The van der Waals surface area contributed by atoms with E-state index in [1.54, 1.807) is 0 Å². The summed E-state index contributed by atoms with van der Waals surface area (Å²) in [4.78, 5) is 0. The second-order valence-electron chi connectivity index (χ2n) is 1.33. The molecule has 0 heterocycles. The van der Waals surface area contributed by atoms with E-state index in [1.807, 2.05) is 26.8 Å². The average Bonchev–Trinajstić information content (AvgIpc) is 1.68. The number of hydrogen-bond acceptors (Lipinski definition) is 1. The molecular formula is C6H12O. The summed E-state index contributed by atoms with van der Waals surface area (Å²) in [7, 11) is 0. The number of hydrogen-bond donors (Lipinski definition) is 0. The molecule has 1 nitrogen and oxygen atoms in total. The van der Waals surface area contributed by atoms with Crippen molar-refractivity contribution in [3.05, 3.63) is 11.8 Å². The molecule has 0 N–H and O–H groups in total. The maximum absolute atomic E-state index is 5.05. The second-order valence-corrected chi connectivity index (χ2v) is 1.33. The quantitative estimate of drug-likeness (QED) is 0.482. The molecule has 0 aromatic heterocycles. The first kappa shape index (κ1) is 6.54. The third-order valence-electron chi connectivity index (χ3n) is 0.779. The van der Waals surface area contributed by atoms with Crippen LogP contribution < -0.4 is 0 Å². The molecule has 0 unspecified atom stereocenters. The first-order valence-corrected chi connectivity index (χ1v) is 2.57. The summed E-state index contributed by atoms with van der Waals surface area (Å²) in [6.07, 6.45) is 1.95. The highest BCUT2D eigenvalue weighted by atomic mass is 16.5. The summed E-state index contributed by atoms with van der Waals surface area (Å²) in [5.41, 5.74) is 0. The minimum Gasteiger partial charge on any atom is -0.499 e. The van der Waals surface area contributed by atoms with E-state index in [2.05, 4.69) is 0 Å². The molecule has 0 fully saturated rings. The van der Waals surface area contributed by atoms with Gasteiger partial charge in [-0.05, 0) is 20.8 Å². The van der Waals surface area contributed by atoms with Crippen LogP contribution in [0.4, 0.5) is 0 Å². The van der Waals surface area contributed by atoms with E-state index in [0.29, 0.717) is 0 Å². The van der Waals surface area contributed by atoms with Gasteiger partial charge in [0.2, 0.25) is 0 Å². The van der Waals surface area contributed by atoms with Crippen molar-refractivity contribution < 1.29 is 4.74 Å². The molecule has 0 bridgehead atoms. The van der Waals surface area contributed by atoms with E-state index in [9.17, 15) is 0 Å². The van der Waals surface area contributed by atoms with Gasteiger partial charge < -0.3 is 4.74 Å². The lowest BCUT2D eigenvalue weighted by Gasteiger charge is -1.98. The summed E-state index contributed by atoms with van der Waals surface area (Å²) in [5, 5.41) is 0. The van der Waals surface area contributed by atoms with Gasteiger partial charge in [-0.25, -0.2) is 0 Å². The van der Waals surface area contributed by atoms with Gasteiger partial charge in [0.25, 0.3) is 0 Å². The van der Waals surface area contributed by atoms with Crippen molar-refractivity contribution in [3.63, 3.8) is 0 Å². The molecule has 7 heavy (non-hydrogen) atoms. The van der Waals surface area contributed by atoms with E-state index in [4.69, 9.17) is 4.74 Å². The number of ether oxygens (including phenoxy) is 1. The average molecular weight is 100 g/mol. The highest BCUT2D eigenvalue weighted by Gasteiger charge is 1.77. The van der Waals surface area contributed by atoms with Crippen LogP contribution in [0.5, 0.6) is 0 Å². The summed E-state index contributed by atoms with van der Waals surface area (Å²) < 4.78 is 5.05. The zero-order valence-electron chi connectivity index (χ0n) is 5.19. The monoisotopic (exact) mass is 100 g/mol. The fourth-order valence-corrected chi connectivity index (χ4v) is 0.311. The van der Waals surface area contributed by atoms with Gasteiger partial charge >= 0.3 is 0 Å². The van der Waals surface area contributed by atoms with Gasteiger partial charge in [-0.1, -0.05) is 6.08 Å². The van der Waals surface area contributed by atoms with Crippen molar-refractivity contribution in [3.8, 4) is 0 Å². The largest absolute Gasteiger partial charge is 0.499 e. The smallest absolute Gasteiger partial charge is 0.0886 e. The Labute approximate surface area is 45.0 Å². The Balaban J connectivity index is 3.17. The number of rotatable bonds is 2. The van der Waals surface area contributed by atoms with Gasteiger partial charge in [0, 0.05) is 0 Å². The second kappa shape index (κ2) is 3.72. The summed E-state index contributed by atoms with van der Waals surface area (Å²) in [6.45, 7) is 6.66. The molecule has 0 saturated carbocycles. The van der Waals surface area contributed by atoms with Crippen LogP contribution in [0.15, 0.2) is 11.8 Å². The van der Waals surface area contributed by atoms with E-state index in [-0.39, 0.29) is 0 Å². The summed E-state index contributed by atoms with van der Waals surface area (Å²) in [6, 6.07) is 0. The van der Waals surface area contributed by atoms with Crippen LogP contribution in [0, 0.1) is 0 Å². The Morgan fingerprint density at radius 1 is 1.71 bits per heavy atom. The van der Waals surface area contributed by atoms with Gasteiger partial charge in [-0.3, -0.25) is 0 Å². The zero-order chi connectivity index (χ0) is 5.70. The normalized spacial score (nSPS) is 11.6. The van der Waals surface area contributed by atoms with Crippen LogP contribution in [0.3, 0.4) is 0 Å². The highest BCUT2D eigenvalue weighted by Crippen LogP contribution is 1.91. The Morgan fingerprint density at radius 3 is 2.43 bits per heavy atom. The Hall–Kier alpha value is -0.460.